The van der Waals surface area contributed by atoms with E-state index in [1.165, 1.54) is 0 Å². The highest BCUT2D eigenvalue weighted by molar-refractivity contribution is 6.06. The van der Waals surface area contributed by atoms with Crippen molar-refractivity contribution in [2.75, 3.05) is 11.6 Å². The van der Waals surface area contributed by atoms with Gasteiger partial charge in [-0.1, -0.05) is 54.6 Å². The molecule has 1 unspecified atom stereocenters. The van der Waals surface area contributed by atoms with E-state index in [0.29, 0.717) is 13.0 Å². The Kier molecular flexibility index (Phi) is 5.03. The minimum Gasteiger partial charge on any atom is -0.465 e. The summed E-state index contributed by atoms with van der Waals surface area (Å²) in [4.78, 5) is 13.2. The van der Waals surface area contributed by atoms with Gasteiger partial charge in [0.25, 0.3) is 0 Å². The van der Waals surface area contributed by atoms with E-state index in [0.717, 1.165) is 47.5 Å². The van der Waals surface area contributed by atoms with E-state index in [1.807, 2.05) is 42.3 Å². The number of esters is 1. The molecule has 4 nitrogen and oxygen atoms in total. The highest BCUT2D eigenvalue weighted by Crippen LogP contribution is 2.48. The lowest BCUT2D eigenvalue weighted by Crippen LogP contribution is -2.47. The van der Waals surface area contributed by atoms with Gasteiger partial charge in [0.05, 0.1) is 23.7 Å². The number of carbonyl (C=O) groups is 1. The van der Waals surface area contributed by atoms with Gasteiger partial charge in [0.2, 0.25) is 0 Å². The Labute approximate surface area is 166 Å². The van der Waals surface area contributed by atoms with Crippen molar-refractivity contribution in [3.05, 3.63) is 77.5 Å². The molecule has 0 fully saturated rings. The van der Waals surface area contributed by atoms with Crippen LogP contribution in [0.25, 0.3) is 0 Å². The molecule has 1 atom stereocenters. The van der Waals surface area contributed by atoms with Gasteiger partial charge in [-0.2, -0.15) is 5.10 Å². The zero-order chi connectivity index (χ0) is 19.6. The summed E-state index contributed by atoms with van der Waals surface area (Å²) in [6.07, 6.45) is 5.47. The molecule has 1 aliphatic carbocycles. The van der Waals surface area contributed by atoms with E-state index in [1.54, 1.807) is 0 Å². The molecule has 1 heterocycles. The van der Waals surface area contributed by atoms with E-state index < -0.39 is 5.41 Å². The summed E-state index contributed by atoms with van der Waals surface area (Å²) in [6, 6.07) is 18.3. The third kappa shape index (κ3) is 3.13. The van der Waals surface area contributed by atoms with Crippen molar-refractivity contribution in [3.8, 4) is 0 Å². The summed E-state index contributed by atoms with van der Waals surface area (Å²) in [5.41, 5.74) is 4.41. The Balaban J connectivity index is 1.91. The number of fused-ring (bicyclic) bond motifs is 1. The normalized spacial score (nSPS) is 21.4. The summed E-state index contributed by atoms with van der Waals surface area (Å²) < 4.78 is 5.58. The van der Waals surface area contributed by atoms with Crippen LogP contribution in [0.15, 0.2) is 71.5 Å². The van der Waals surface area contributed by atoms with Gasteiger partial charge in [0.1, 0.15) is 5.41 Å². The topological polar surface area (TPSA) is 41.9 Å². The average molecular weight is 374 g/mol. The van der Waals surface area contributed by atoms with E-state index >= 15 is 0 Å². The van der Waals surface area contributed by atoms with Gasteiger partial charge in [-0.05, 0) is 50.3 Å². The number of para-hydroxylation sites is 1. The summed E-state index contributed by atoms with van der Waals surface area (Å²) >= 11 is 0. The molecule has 144 valence electrons. The molecule has 0 aromatic heterocycles. The number of benzene rings is 2. The second-order valence-corrected chi connectivity index (χ2v) is 7.47. The summed E-state index contributed by atoms with van der Waals surface area (Å²) in [6.45, 7) is 4.34. The Bertz CT molecular complexity index is 933. The molecule has 0 bridgehead atoms. The van der Waals surface area contributed by atoms with Gasteiger partial charge in [-0.25, -0.2) is 5.01 Å². The second kappa shape index (κ2) is 7.63. The quantitative estimate of drug-likeness (QED) is 0.689. The van der Waals surface area contributed by atoms with E-state index in [4.69, 9.17) is 9.84 Å². The number of anilines is 1. The first kappa shape index (κ1) is 18.5. The first-order valence-corrected chi connectivity index (χ1v) is 10.0. The zero-order valence-corrected chi connectivity index (χ0v) is 16.5. The van der Waals surface area contributed by atoms with Crippen LogP contribution in [0.5, 0.6) is 0 Å². The van der Waals surface area contributed by atoms with Crippen molar-refractivity contribution in [2.45, 2.75) is 39.5 Å². The number of nitrogens with zero attached hydrogens (tertiary/aromatic N) is 2. The Morgan fingerprint density at radius 2 is 1.89 bits per heavy atom. The maximum Gasteiger partial charge on any atom is 0.318 e. The predicted octanol–water partition coefficient (Wildman–Crippen LogP) is 5.23. The minimum atomic E-state index is -0.677. The summed E-state index contributed by atoms with van der Waals surface area (Å²) in [7, 11) is 0. The number of hydrogen-bond acceptors (Lipinski definition) is 4. The highest BCUT2D eigenvalue weighted by Gasteiger charge is 2.50. The van der Waals surface area contributed by atoms with E-state index in [9.17, 15) is 4.79 Å². The molecule has 28 heavy (non-hydrogen) atoms. The monoisotopic (exact) mass is 374 g/mol. The van der Waals surface area contributed by atoms with Crippen molar-refractivity contribution < 1.29 is 9.53 Å². The zero-order valence-electron chi connectivity index (χ0n) is 16.5. The lowest BCUT2D eigenvalue weighted by atomic mass is 9.70. The van der Waals surface area contributed by atoms with Gasteiger partial charge < -0.3 is 4.74 Å². The highest BCUT2D eigenvalue weighted by atomic mass is 16.5. The van der Waals surface area contributed by atoms with Crippen LogP contribution in [0.1, 0.15) is 43.7 Å². The fraction of sp³-hybridized carbons (Fsp3) is 0.333. The molecule has 0 saturated heterocycles. The Morgan fingerprint density at radius 3 is 2.64 bits per heavy atom. The maximum absolute atomic E-state index is 13.2. The van der Waals surface area contributed by atoms with Crippen LogP contribution in [0.2, 0.25) is 0 Å². The largest absolute Gasteiger partial charge is 0.465 e. The SMILES string of the molecule is CCOC(=O)C12CCCC=C1N(c1ccccc1C)N=C(c1ccccc1)C2. The molecule has 4 rings (SSSR count). The first-order valence-electron chi connectivity index (χ1n) is 10.0. The van der Waals surface area contributed by atoms with Crippen molar-refractivity contribution >= 4 is 17.4 Å². The lowest BCUT2D eigenvalue weighted by molar-refractivity contribution is -0.153. The Hall–Kier alpha value is -2.88. The molecule has 0 saturated carbocycles. The number of ether oxygens (including phenoxy) is 1. The van der Waals surface area contributed by atoms with Crippen LogP contribution in [0.4, 0.5) is 5.69 Å². The molecule has 0 spiro atoms. The van der Waals surface area contributed by atoms with Gasteiger partial charge >= 0.3 is 5.97 Å². The van der Waals surface area contributed by atoms with Crippen LogP contribution in [-0.4, -0.2) is 18.3 Å². The van der Waals surface area contributed by atoms with Crippen LogP contribution >= 0.6 is 0 Å². The molecule has 0 radical (unpaired) electrons. The first-order chi connectivity index (χ1) is 13.7. The molecular weight excluding hydrogens is 348 g/mol. The van der Waals surface area contributed by atoms with Crippen molar-refractivity contribution in [1.82, 2.24) is 0 Å². The van der Waals surface area contributed by atoms with Crippen LogP contribution in [-0.2, 0) is 9.53 Å². The number of carbonyl (C=O) groups excluding carboxylic acids is 1. The molecular formula is C24H26N2O2. The van der Waals surface area contributed by atoms with Gasteiger partial charge in [-0.15, -0.1) is 0 Å². The smallest absolute Gasteiger partial charge is 0.318 e. The lowest BCUT2D eigenvalue weighted by Gasteiger charge is -2.44. The second-order valence-electron chi connectivity index (χ2n) is 7.47. The minimum absolute atomic E-state index is 0.136. The number of allylic oxidation sites excluding steroid dienone is 1. The van der Waals surface area contributed by atoms with Gasteiger partial charge in [-0.3, -0.25) is 4.79 Å². The number of rotatable bonds is 4. The van der Waals surface area contributed by atoms with Crippen molar-refractivity contribution in [1.29, 1.82) is 0 Å². The predicted molar refractivity (Wildman–Crippen MR) is 112 cm³/mol. The van der Waals surface area contributed by atoms with Crippen LogP contribution in [0.3, 0.4) is 0 Å². The molecule has 2 aliphatic rings. The molecule has 2 aromatic rings. The van der Waals surface area contributed by atoms with Gasteiger partial charge in [0, 0.05) is 6.42 Å². The number of aryl methyl sites for hydroxylation is 1. The maximum atomic E-state index is 13.2. The van der Waals surface area contributed by atoms with E-state index in [2.05, 4.69) is 37.3 Å². The fourth-order valence-electron chi connectivity index (χ4n) is 4.25. The molecule has 2 aromatic carbocycles. The van der Waals surface area contributed by atoms with Gasteiger partial charge in [0.15, 0.2) is 0 Å². The number of hydrogen-bond donors (Lipinski definition) is 0. The van der Waals surface area contributed by atoms with Crippen LogP contribution < -0.4 is 5.01 Å². The van der Waals surface area contributed by atoms with Crippen molar-refractivity contribution in [2.24, 2.45) is 10.5 Å². The Morgan fingerprint density at radius 1 is 1.14 bits per heavy atom. The third-order valence-electron chi connectivity index (χ3n) is 5.67. The molecule has 4 heteroatoms. The molecule has 0 N–H and O–H groups in total. The van der Waals surface area contributed by atoms with E-state index in [-0.39, 0.29) is 5.97 Å². The summed E-state index contributed by atoms with van der Waals surface area (Å²) in [5, 5.41) is 7.01. The van der Waals surface area contributed by atoms with Crippen molar-refractivity contribution in [3.63, 3.8) is 0 Å². The average Bonchev–Trinajstić information content (AvgIpc) is 2.74. The fourth-order valence-corrected chi connectivity index (χ4v) is 4.25. The molecule has 0 amide bonds. The standard InChI is InChI=1S/C24H26N2O2/c1-3-28-23(27)24-16-10-9-15-22(24)26(21-14-8-7-11-18(21)2)25-20(17-24)19-12-5-4-6-13-19/h4-8,11-15H,3,9-10,16-17H2,1-2H3. The summed E-state index contributed by atoms with van der Waals surface area (Å²) in [5.74, 6) is -0.136. The van der Waals surface area contributed by atoms with Crippen LogP contribution in [0, 0.1) is 12.3 Å². The third-order valence-corrected chi connectivity index (χ3v) is 5.67. The number of hydrazone groups is 1. The molecule has 1 aliphatic heterocycles.